The van der Waals surface area contributed by atoms with Crippen LogP contribution in [0.5, 0.6) is 11.5 Å². The van der Waals surface area contributed by atoms with Gasteiger partial charge in [-0.1, -0.05) is 36.4 Å². The molecular formula is C18H19NO3. The molecule has 0 unspecified atom stereocenters. The van der Waals surface area contributed by atoms with Crippen LogP contribution in [0.3, 0.4) is 0 Å². The topological polar surface area (TPSA) is 47.6 Å². The van der Waals surface area contributed by atoms with Crippen LogP contribution >= 0.6 is 0 Å². The van der Waals surface area contributed by atoms with Crippen LogP contribution in [0, 0.1) is 0 Å². The van der Waals surface area contributed by atoms with E-state index in [1.54, 1.807) is 7.11 Å². The Bertz CT molecular complexity index is 659. The average Bonchev–Trinajstić information content (AvgIpc) is 2.99. The molecule has 2 aromatic carbocycles. The third kappa shape index (κ3) is 2.77. The normalized spacial score (nSPS) is 17.3. The zero-order valence-electron chi connectivity index (χ0n) is 12.7. The van der Waals surface area contributed by atoms with Crippen LogP contribution in [0.1, 0.15) is 24.1 Å². The Morgan fingerprint density at radius 1 is 1.23 bits per heavy atom. The molecule has 1 heterocycles. The zero-order valence-corrected chi connectivity index (χ0v) is 12.7. The first-order valence-electron chi connectivity index (χ1n) is 7.37. The lowest BCUT2D eigenvalue weighted by Gasteiger charge is -2.19. The van der Waals surface area contributed by atoms with Crippen molar-refractivity contribution >= 4 is 5.91 Å². The lowest BCUT2D eigenvalue weighted by atomic mass is 10.1. The molecule has 0 saturated carbocycles. The van der Waals surface area contributed by atoms with Crippen LogP contribution in [0.4, 0.5) is 0 Å². The van der Waals surface area contributed by atoms with Gasteiger partial charge in [-0.2, -0.15) is 0 Å². The van der Waals surface area contributed by atoms with Crippen molar-refractivity contribution in [3.8, 4) is 11.5 Å². The molecule has 0 bridgehead atoms. The van der Waals surface area contributed by atoms with Gasteiger partial charge in [0, 0.05) is 12.0 Å². The largest absolute Gasteiger partial charge is 0.496 e. The van der Waals surface area contributed by atoms with Crippen LogP contribution in [-0.2, 0) is 11.2 Å². The quantitative estimate of drug-likeness (QED) is 0.944. The molecule has 3 rings (SSSR count). The number of rotatable bonds is 4. The Kier molecular flexibility index (Phi) is 4.00. The molecule has 4 nitrogen and oxygen atoms in total. The highest BCUT2D eigenvalue weighted by Crippen LogP contribution is 2.29. The van der Waals surface area contributed by atoms with E-state index >= 15 is 0 Å². The van der Waals surface area contributed by atoms with Gasteiger partial charge in [0.25, 0.3) is 5.91 Å². The van der Waals surface area contributed by atoms with Gasteiger partial charge in [-0.15, -0.1) is 0 Å². The van der Waals surface area contributed by atoms with E-state index in [4.69, 9.17) is 9.47 Å². The molecule has 1 aliphatic heterocycles. The van der Waals surface area contributed by atoms with E-state index in [1.807, 2.05) is 55.5 Å². The summed E-state index contributed by atoms with van der Waals surface area (Å²) in [6.07, 6.45) is 0.148. The van der Waals surface area contributed by atoms with E-state index in [-0.39, 0.29) is 11.9 Å². The molecule has 1 aliphatic rings. The molecule has 0 spiro atoms. The highest BCUT2D eigenvalue weighted by Gasteiger charge is 2.29. The number of para-hydroxylation sites is 2. The number of hydrogen-bond acceptors (Lipinski definition) is 3. The molecule has 114 valence electrons. The number of benzene rings is 2. The van der Waals surface area contributed by atoms with Crippen LogP contribution in [-0.4, -0.2) is 19.1 Å². The maximum Gasteiger partial charge on any atom is 0.261 e. The highest BCUT2D eigenvalue weighted by atomic mass is 16.5. The fourth-order valence-electron chi connectivity index (χ4n) is 2.74. The zero-order chi connectivity index (χ0) is 15.5. The summed E-state index contributed by atoms with van der Waals surface area (Å²) in [5.74, 6) is 1.47. The first kappa shape index (κ1) is 14.4. The minimum atomic E-state index is -0.463. The minimum absolute atomic E-state index is 0.102. The number of carbonyl (C=O) groups excluding carboxylic acids is 1. The number of hydrogen-bond donors (Lipinski definition) is 1. The fraction of sp³-hybridized carbons (Fsp3) is 0.278. The summed E-state index contributed by atoms with van der Waals surface area (Å²) in [5, 5.41) is 3.00. The van der Waals surface area contributed by atoms with Gasteiger partial charge in [0.05, 0.1) is 13.2 Å². The molecule has 22 heavy (non-hydrogen) atoms. The second-order valence-corrected chi connectivity index (χ2v) is 5.39. The van der Waals surface area contributed by atoms with Crippen molar-refractivity contribution in [2.75, 3.05) is 7.11 Å². The Labute approximate surface area is 130 Å². The summed E-state index contributed by atoms with van der Waals surface area (Å²) < 4.78 is 11.1. The van der Waals surface area contributed by atoms with Gasteiger partial charge in [-0.3, -0.25) is 4.79 Å². The van der Waals surface area contributed by atoms with Crippen molar-refractivity contribution < 1.29 is 14.3 Å². The SMILES string of the molecule is COc1ccccc1[C@H](C)NC(=O)[C@@H]1Cc2ccccc2O1. The number of amides is 1. The van der Waals surface area contributed by atoms with Crippen LogP contribution < -0.4 is 14.8 Å². The van der Waals surface area contributed by atoms with Crippen LogP contribution in [0.2, 0.25) is 0 Å². The van der Waals surface area contributed by atoms with E-state index in [0.29, 0.717) is 6.42 Å². The summed E-state index contributed by atoms with van der Waals surface area (Å²) in [6.45, 7) is 1.94. The second-order valence-electron chi connectivity index (χ2n) is 5.39. The van der Waals surface area contributed by atoms with E-state index < -0.39 is 6.10 Å². The summed E-state index contributed by atoms with van der Waals surface area (Å²) >= 11 is 0. The van der Waals surface area contributed by atoms with Gasteiger partial charge in [0.1, 0.15) is 11.5 Å². The maximum atomic E-state index is 12.4. The molecule has 0 aliphatic carbocycles. The van der Waals surface area contributed by atoms with Crippen LogP contribution in [0.25, 0.3) is 0 Å². The number of carbonyl (C=O) groups is 1. The Hall–Kier alpha value is -2.49. The molecule has 1 amide bonds. The van der Waals surface area contributed by atoms with Crippen molar-refractivity contribution in [3.05, 3.63) is 59.7 Å². The molecule has 0 saturated heterocycles. The predicted octanol–water partition coefficient (Wildman–Crippen LogP) is 2.88. The fourth-order valence-corrected chi connectivity index (χ4v) is 2.74. The number of nitrogens with one attached hydrogen (secondary N) is 1. The first-order valence-corrected chi connectivity index (χ1v) is 7.37. The van der Waals surface area contributed by atoms with Gasteiger partial charge in [-0.05, 0) is 24.6 Å². The van der Waals surface area contributed by atoms with Crippen molar-refractivity contribution in [1.29, 1.82) is 0 Å². The molecule has 0 radical (unpaired) electrons. The number of ether oxygens (including phenoxy) is 2. The first-order chi connectivity index (χ1) is 10.7. The van der Waals surface area contributed by atoms with E-state index in [9.17, 15) is 4.79 Å². The van der Waals surface area contributed by atoms with Crippen LogP contribution in [0.15, 0.2) is 48.5 Å². The predicted molar refractivity (Wildman–Crippen MR) is 84.1 cm³/mol. The monoisotopic (exact) mass is 297 g/mol. The summed E-state index contributed by atoms with van der Waals surface area (Å²) in [6, 6.07) is 15.3. The second kappa shape index (κ2) is 6.10. The minimum Gasteiger partial charge on any atom is -0.496 e. The molecule has 2 atom stereocenters. The van der Waals surface area contributed by atoms with Crippen molar-refractivity contribution in [1.82, 2.24) is 5.32 Å². The average molecular weight is 297 g/mol. The lowest BCUT2D eigenvalue weighted by molar-refractivity contribution is -0.127. The third-order valence-electron chi connectivity index (χ3n) is 3.90. The van der Waals surface area contributed by atoms with Crippen molar-refractivity contribution in [2.45, 2.75) is 25.5 Å². The molecule has 1 N–H and O–H groups in total. The van der Waals surface area contributed by atoms with Gasteiger partial charge >= 0.3 is 0 Å². The van der Waals surface area contributed by atoms with Gasteiger partial charge in [0.2, 0.25) is 0 Å². The highest BCUT2D eigenvalue weighted by molar-refractivity contribution is 5.83. The Morgan fingerprint density at radius 2 is 1.95 bits per heavy atom. The van der Waals surface area contributed by atoms with Crippen molar-refractivity contribution in [3.63, 3.8) is 0 Å². The number of fused-ring (bicyclic) bond motifs is 1. The molecule has 4 heteroatoms. The van der Waals surface area contributed by atoms with E-state index in [0.717, 1.165) is 22.6 Å². The van der Waals surface area contributed by atoms with E-state index in [1.165, 1.54) is 0 Å². The molecule has 2 aromatic rings. The third-order valence-corrected chi connectivity index (χ3v) is 3.90. The lowest BCUT2D eigenvalue weighted by Crippen LogP contribution is -2.38. The Morgan fingerprint density at radius 3 is 2.73 bits per heavy atom. The van der Waals surface area contributed by atoms with Gasteiger partial charge < -0.3 is 14.8 Å². The van der Waals surface area contributed by atoms with Gasteiger partial charge in [0.15, 0.2) is 6.10 Å². The summed E-state index contributed by atoms with van der Waals surface area (Å²) in [7, 11) is 1.63. The molecule has 0 fully saturated rings. The number of methoxy groups -OCH3 is 1. The molecular weight excluding hydrogens is 278 g/mol. The van der Waals surface area contributed by atoms with Gasteiger partial charge in [-0.25, -0.2) is 0 Å². The standard InChI is InChI=1S/C18H19NO3/c1-12(14-8-4-6-10-16(14)21-2)19-18(20)17-11-13-7-3-5-9-15(13)22-17/h3-10,12,17H,11H2,1-2H3,(H,19,20)/t12-,17-/m0/s1. The Balaban J connectivity index is 1.68. The van der Waals surface area contributed by atoms with Crippen molar-refractivity contribution in [2.24, 2.45) is 0 Å². The molecule has 0 aromatic heterocycles. The van der Waals surface area contributed by atoms with E-state index in [2.05, 4.69) is 5.32 Å². The summed E-state index contributed by atoms with van der Waals surface area (Å²) in [4.78, 5) is 12.4. The smallest absolute Gasteiger partial charge is 0.261 e. The maximum absolute atomic E-state index is 12.4. The summed E-state index contributed by atoms with van der Waals surface area (Å²) in [5.41, 5.74) is 2.03.